The maximum atomic E-state index is 12.1. The molecular weight excluding hydrogens is 348 g/mol. The summed E-state index contributed by atoms with van der Waals surface area (Å²) < 4.78 is 5.10. The Morgan fingerprint density at radius 3 is 2.68 bits per heavy atom. The molecule has 25 heavy (non-hydrogen) atoms. The first-order valence-corrected chi connectivity index (χ1v) is 8.69. The molecular formula is C17H21ClN2O5. The Kier molecular flexibility index (Phi) is 6.75. The van der Waals surface area contributed by atoms with Crippen molar-refractivity contribution in [2.75, 3.05) is 6.54 Å². The lowest BCUT2D eigenvalue weighted by atomic mass is 9.89. The Balaban J connectivity index is 1.89. The van der Waals surface area contributed by atoms with Gasteiger partial charge in [0.15, 0.2) is 6.10 Å². The summed E-state index contributed by atoms with van der Waals surface area (Å²) in [6.45, 7) is 2.05. The standard InChI is InChI=1S/C17H21ClN2O5/c1-11(16(21)19-10-12-5-3-2-4-6-12)25-17(22)13-7-8-14(18)15(9-13)20(23)24/h7-9,11-12H,2-6,10H2,1H3,(H,19,21)/t11-/m0/s1. The van der Waals surface area contributed by atoms with Crippen LogP contribution in [-0.4, -0.2) is 29.4 Å². The third-order valence-corrected chi connectivity index (χ3v) is 4.64. The number of ether oxygens (including phenoxy) is 1. The highest BCUT2D eigenvalue weighted by molar-refractivity contribution is 6.32. The smallest absolute Gasteiger partial charge is 0.339 e. The second-order valence-corrected chi connectivity index (χ2v) is 6.63. The zero-order valence-electron chi connectivity index (χ0n) is 14.0. The van der Waals surface area contributed by atoms with E-state index in [-0.39, 0.29) is 22.2 Å². The highest BCUT2D eigenvalue weighted by Gasteiger charge is 2.23. The molecule has 1 aromatic carbocycles. The summed E-state index contributed by atoms with van der Waals surface area (Å²) in [5, 5.41) is 13.6. The molecule has 0 spiro atoms. The largest absolute Gasteiger partial charge is 0.449 e. The number of hydrogen-bond acceptors (Lipinski definition) is 5. The number of halogens is 1. The first-order valence-electron chi connectivity index (χ1n) is 8.31. The zero-order chi connectivity index (χ0) is 18.4. The second kappa shape index (κ2) is 8.80. The Bertz CT molecular complexity index is 658. The lowest BCUT2D eigenvalue weighted by Gasteiger charge is -2.22. The van der Waals surface area contributed by atoms with E-state index in [2.05, 4.69) is 5.32 Å². The first-order chi connectivity index (χ1) is 11.9. The summed E-state index contributed by atoms with van der Waals surface area (Å²) in [5.41, 5.74) is -0.409. The molecule has 7 nitrogen and oxygen atoms in total. The molecule has 0 heterocycles. The molecule has 1 N–H and O–H groups in total. The summed E-state index contributed by atoms with van der Waals surface area (Å²) in [4.78, 5) is 34.3. The van der Waals surface area contributed by atoms with E-state index >= 15 is 0 Å². The van der Waals surface area contributed by atoms with Crippen molar-refractivity contribution < 1.29 is 19.2 Å². The number of carbonyl (C=O) groups excluding carboxylic acids is 2. The van der Waals surface area contributed by atoms with Crippen LogP contribution in [-0.2, 0) is 9.53 Å². The molecule has 1 aliphatic rings. The Labute approximate surface area is 150 Å². The van der Waals surface area contributed by atoms with Gasteiger partial charge in [-0.15, -0.1) is 0 Å². The number of amides is 1. The minimum absolute atomic E-state index is 0.0250. The van der Waals surface area contributed by atoms with Crippen molar-refractivity contribution in [2.45, 2.75) is 45.1 Å². The van der Waals surface area contributed by atoms with E-state index in [1.165, 1.54) is 38.3 Å². The van der Waals surface area contributed by atoms with Crippen LogP contribution < -0.4 is 5.32 Å². The number of hydrogen-bond donors (Lipinski definition) is 1. The van der Waals surface area contributed by atoms with E-state index in [4.69, 9.17) is 16.3 Å². The Morgan fingerprint density at radius 1 is 1.36 bits per heavy atom. The van der Waals surface area contributed by atoms with Gasteiger partial charge in [-0.25, -0.2) is 4.79 Å². The fraction of sp³-hybridized carbons (Fsp3) is 0.529. The summed E-state index contributed by atoms with van der Waals surface area (Å²) in [5.74, 6) is -0.706. The van der Waals surface area contributed by atoms with Gasteiger partial charge in [0.2, 0.25) is 0 Å². The number of nitro groups is 1. The molecule has 1 fully saturated rings. The van der Waals surface area contributed by atoms with Gasteiger partial charge in [-0.1, -0.05) is 30.9 Å². The number of nitrogens with zero attached hydrogens (tertiary/aromatic N) is 1. The van der Waals surface area contributed by atoms with E-state index in [0.29, 0.717) is 12.5 Å². The SMILES string of the molecule is C[C@H](OC(=O)c1ccc(Cl)c([N+](=O)[O-])c1)C(=O)NCC1CCCCC1. The normalized spacial score (nSPS) is 16.1. The van der Waals surface area contributed by atoms with Crippen LogP contribution in [0, 0.1) is 16.0 Å². The summed E-state index contributed by atoms with van der Waals surface area (Å²) >= 11 is 5.71. The topological polar surface area (TPSA) is 98.5 Å². The molecule has 0 radical (unpaired) electrons. The predicted octanol–water partition coefficient (Wildman–Crippen LogP) is 3.49. The van der Waals surface area contributed by atoms with Crippen LogP contribution in [0.2, 0.25) is 5.02 Å². The van der Waals surface area contributed by atoms with Gasteiger partial charge in [-0.3, -0.25) is 14.9 Å². The minimum Gasteiger partial charge on any atom is -0.449 e. The van der Waals surface area contributed by atoms with Gasteiger partial charge in [0.25, 0.3) is 11.6 Å². The highest BCUT2D eigenvalue weighted by Crippen LogP contribution is 2.25. The van der Waals surface area contributed by atoms with Gasteiger partial charge in [0.05, 0.1) is 10.5 Å². The van der Waals surface area contributed by atoms with E-state index in [1.807, 2.05) is 0 Å². The van der Waals surface area contributed by atoms with Gasteiger partial charge in [-0.05, 0) is 37.8 Å². The first kappa shape index (κ1) is 19.2. The van der Waals surface area contributed by atoms with Crippen LogP contribution in [0.4, 0.5) is 5.69 Å². The number of nitrogens with one attached hydrogen (secondary N) is 1. The molecule has 1 atom stereocenters. The Morgan fingerprint density at radius 2 is 2.04 bits per heavy atom. The van der Waals surface area contributed by atoms with Crippen LogP contribution >= 0.6 is 11.6 Å². The molecule has 0 saturated heterocycles. The number of rotatable bonds is 6. The second-order valence-electron chi connectivity index (χ2n) is 6.22. The van der Waals surface area contributed by atoms with Crippen molar-refractivity contribution in [3.63, 3.8) is 0 Å². The van der Waals surface area contributed by atoms with E-state index in [1.54, 1.807) is 0 Å². The van der Waals surface area contributed by atoms with E-state index < -0.39 is 17.0 Å². The molecule has 8 heteroatoms. The average Bonchev–Trinajstić information content (AvgIpc) is 2.60. The molecule has 0 unspecified atom stereocenters. The van der Waals surface area contributed by atoms with E-state index in [9.17, 15) is 19.7 Å². The molecule has 1 aromatic rings. The van der Waals surface area contributed by atoms with Crippen molar-refractivity contribution in [1.29, 1.82) is 0 Å². The molecule has 1 saturated carbocycles. The Hall–Kier alpha value is -2.15. The highest BCUT2D eigenvalue weighted by atomic mass is 35.5. The van der Waals surface area contributed by atoms with Crippen molar-refractivity contribution in [2.24, 2.45) is 5.92 Å². The van der Waals surface area contributed by atoms with Crippen molar-refractivity contribution >= 4 is 29.2 Å². The third kappa shape index (κ3) is 5.42. The average molecular weight is 369 g/mol. The monoisotopic (exact) mass is 368 g/mol. The van der Waals surface area contributed by atoms with Crippen molar-refractivity contribution in [1.82, 2.24) is 5.32 Å². The zero-order valence-corrected chi connectivity index (χ0v) is 14.8. The fourth-order valence-corrected chi connectivity index (χ4v) is 3.03. The molecule has 2 rings (SSSR count). The van der Waals surface area contributed by atoms with Crippen molar-refractivity contribution in [3.8, 4) is 0 Å². The molecule has 0 aliphatic heterocycles. The van der Waals surface area contributed by atoms with Gasteiger partial charge in [0.1, 0.15) is 5.02 Å². The molecule has 1 aliphatic carbocycles. The van der Waals surface area contributed by atoms with Crippen molar-refractivity contribution in [3.05, 3.63) is 38.9 Å². The van der Waals surface area contributed by atoms with Crippen LogP contribution in [0.15, 0.2) is 18.2 Å². The predicted molar refractivity (Wildman–Crippen MR) is 92.6 cm³/mol. The van der Waals surface area contributed by atoms with Crippen LogP contribution in [0.3, 0.4) is 0 Å². The quantitative estimate of drug-likeness (QED) is 0.470. The number of esters is 1. The fourth-order valence-electron chi connectivity index (χ4n) is 2.84. The van der Waals surface area contributed by atoms with Gasteiger partial charge in [0, 0.05) is 12.6 Å². The summed E-state index contributed by atoms with van der Waals surface area (Å²) in [7, 11) is 0. The summed E-state index contributed by atoms with van der Waals surface area (Å²) in [6, 6.07) is 3.62. The maximum absolute atomic E-state index is 12.1. The lowest BCUT2D eigenvalue weighted by molar-refractivity contribution is -0.384. The van der Waals surface area contributed by atoms with Gasteiger partial charge >= 0.3 is 5.97 Å². The number of benzene rings is 1. The molecule has 0 aromatic heterocycles. The third-order valence-electron chi connectivity index (χ3n) is 4.32. The minimum atomic E-state index is -0.981. The van der Waals surface area contributed by atoms with E-state index in [0.717, 1.165) is 18.9 Å². The molecule has 1 amide bonds. The molecule has 136 valence electrons. The van der Waals surface area contributed by atoms with Crippen LogP contribution in [0.5, 0.6) is 0 Å². The van der Waals surface area contributed by atoms with Crippen LogP contribution in [0.1, 0.15) is 49.4 Å². The molecule has 0 bridgehead atoms. The lowest BCUT2D eigenvalue weighted by Crippen LogP contribution is -2.38. The maximum Gasteiger partial charge on any atom is 0.339 e. The van der Waals surface area contributed by atoms with Crippen LogP contribution in [0.25, 0.3) is 0 Å². The summed E-state index contributed by atoms with van der Waals surface area (Å²) in [6.07, 6.45) is 4.82. The number of carbonyl (C=O) groups is 2. The van der Waals surface area contributed by atoms with Gasteiger partial charge in [-0.2, -0.15) is 0 Å². The van der Waals surface area contributed by atoms with Gasteiger partial charge < -0.3 is 10.1 Å². The number of nitro benzene ring substituents is 1.